The number of nitrogens with one attached hydrogen (secondary N) is 2. The number of aromatic nitrogens is 6. The van der Waals surface area contributed by atoms with Crippen molar-refractivity contribution in [1.29, 1.82) is 0 Å². The summed E-state index contributed by atoms with van der Waals surface area (Å²) in [6, 6.07) is 0. The van der Waals surface area contributed by atoms with E-state index in [1.807, 2.05) is 13.1 Å². The molecular formula is C15H19N7. The quantitative estimate of drug-likeness (QED) is 0.771. The maximum Gasteiger partial charge on any atom is 0.155 e. The van der Waals surface area contributed by atoms with Crippen LogP contribution in [0.3, 0.4) is 0 Å². The van der Waals surface area contributed by atoms with Crippen LogP contribution in [0.25, 0.3) is 11.0 Å². The smallest absolute Gasteiger partial charge is 0.155 e. The monoisotopic (exact) mass is 297 g/mol. The lowest BCUT2D eigenvalue weighted by molar-refractivity contribution is 0.713. The van der Waals surface area contributed by atoms with Crippen molar-refractivity contribution in [3.05, 3.63) is 29.7 Å². The predicted octanol–water partition coefficient (Wildman–Crippen LogP) is 1.94. The van der Waals surface area contributed by atoms with Crippen LogP contribution in [-0.2, 0) is 6.42 Å². The zero-order valence-electron chi connectivity index (χ0n) is 12.8. The first-order chi connectivity index (χ1) is 10.8. The number of aryl methyl sites for hydroxylation is 2. The van der Waals surface area contributed by atoms with Crippen LogP contribution in [0.4, 0.5) is 5.82 Å². The zero-order chi connectivity index (χ0) is 15.1. The van der Waals surface area contributed by atoms with Gasteiger partial charge in [0.15, 0.2) is 5.82 Å². The van der Waals surface area contributed by atoms with Gasteiger partial charge < -0.3 is 9.88 Å². The zero-order valence-corrected chi connectivity index (χ0v) is 12.8. The van der Waals surface area contributed by atoms with E-state index in [4.69, 9.17) is 0 Å². The van der Waals surface area contributed by atoms with Gasteiger partial charge in [0, 0.05) is 25.2 Å². The molecule has 0 aromatic carbocycles. The molecule has 3 aromatic rings. The summed E-state index contributed by atoms with van der Waals surface area (Å²) in [6.07, 6.45) is 5.69. The molecule has 1 aliphatic heterocycles. The van der Waals surface area contributed by atoms with Crippen molar-refractivity contribution >= 4 is 16.9 Å². The second-order valence-electron chi connectivity index (χ2n) is 5.80. The molecule has 7 heteroatoms. The highest BCUT2D eigenvalue weighted by molar-refractivity contribution is 5.90. The molecule has 0 spiro atoms. The molecule has 0 bridgehead atoms. The number of aromatic amines is 2. The first-order valence-electron chi connectivity index (χ1n) is 7.71. The highest BCUT2D eigenvalue weighted by Crippen LogP contribution is 2.33. The Hall–Kier alpha value is -2.44. The molecule has 22 heavy (non-hydrogen) atoms. The fourth-order valence-corrected chi connectivity index (χ4v) is 3.23. The molecule has 1 aliphatic rings. The van der Waals surface area contributed by atoms with Gasteiger partial charge in [0.2, 0.25) is 0 Å². The Labute approximate surface area is 128 Å². The lowest BCUT2D eigenvalue weighted by atomic mass is 10.1. The molecule has 1 fully saturated rings. The third kappa shape index (κ3) is 2.04. The fraction of sp³-hybridized carbons (Fsp3) is 0.467. The van der Waals surface area contributed by atoms with E-state index >= 15 is 0 Å². The Balaban J connectivity index is 1.67. The van der Waals surface area contributed by atoms with Crippen molar-refractivity contribution < 1.29 is 0 Å². The molecule has 3 aromatic heterocycles. The third-order valence-electron chi connectivity index (χ3n) is 4.38. The van der Waals surface area contributed by atoms with Crippen LogP contribution in [0.2, 0.25) is 0 Å². The van der Waals surface area contributed by atoms with Crippen LogP contribution in [0.5, 0.6) is 0 Å². The molecule has 1 saturated heterocycles. The number of hydrogen-bond acceptors (Lipinski definition) is 5. The van der Waals surface area contributed by atoms with Gasteiger partial charge in [-0.1, -0.05) is 6.92 Å². The molecular weight excluding hydrogens is 278 g/mol. The van der Waals surface area contributed by atoms with Gasteiger partial charge in [-0.25, -0.2) is 15.0 Å². The average molecular weight is 297 g/mol. The summed E-state index contributed by atoms with van der Waals surface area (Å²) in [7, 11) is 0. The molecule has 4 rings (SSSR count). The van der Waals surface area contributed by atoms with Crippen LogP contribution < -0.4 is 4.90 Å². The second-order valence-corrected chi connectivity index (χ2v) is 5.80. The largest absolute Gasteiger partial charge is 0.355 e. The molecule has 0 aliphatic carbocycles. The number of nitrogens with zero attached hydrogens (tertiary/aromatic N) is 5. The average Bonchev–Trinajstić information content (AvgIpc) is 3.25. The molecule has 0 amide bonds. The summed E-state index contributed by atoms with van der Waals surface area (Å²) in [6.45, 7) is 5.96. The number of anilines is 1. The highest BCUT2D eigenvalue weighted by Gasteiger charge is 2.29. The number of H-pyrrole nitrogens is 2. The van der Waals surface area contributed by atoms with E-state index < -0.39 is 0 Å². The third-order valence-corrected chi connectivity index (χ3v) is 4.38. The molecule has 0 radical (unpaired) electrons. The molecule has 0 saturated carbocycles. The Bertz CT molecular complexity index is 803. The summed E-state index contributed by atoms with van der Waals surface area (Å²) < 4.78 is 0. The van der Waals surface area contributed by atoms with E-state index in [-0.39, 0.29) is 0 Å². The maximum atomic E-state index is 4.55. The first kappa shape index (κ1) is 13.2. The van der Waals surface area contributed by atoms with E-state index in [1.165, 1.54) is 5.56 Å². The van der Waals surface area contributed by atoms with E-state index in [2.05, 4.69) is 42.0 Å². The van der Waals surface area contributed by atoms with Crippen LogP contribution in [0, 0.1) is 6.92 Å². The Morgan fingerprint density at radius 3 is 3.05 bits per heavy atom. The number of hydrogen-bond donors (Lipinski definition) is 2. The lowest BCUT2D eigenvalue weighted by Gasteiger charge is -2.18. The number of rotatable bonds is 3. The first-order valence-corrected chi connectivity index (χ1v) is 7.71. The van der Waals surface area contributed by atoms with E-state index in [1.54, 1.807) is 6.33 Å². The Morgan fingerprint density at radius 2 is 2.27 bits per heavy atom. The van der Waals surface area contributed by atoms with Gasteiger partial charge >= 0.3 is 0 Å². The topological polar surface area (TPSA) is 86.4 Å². The summed E-state index contributed by atoms with van der Waals surface area (Å²) in [5.74, 6) is 3.17. The van der Waals surface area contributed by atoms with Crippen LogP contribution in [0.1, 0.15) is 36.5 Å². The summed E-state index contributed by atoms with van der Waals surface area (Å²) in [4.78, 5) is 18.9. The summed E-state index contributed by atoms with van der Waals surface area (Å²) in [5.41, 5.74) is 2.18. The molecule has 4 heterocycles. The van der Waals surface area contributed by atoms with Gasteiger partial charge in [0.05, 0.1) is 5.39 Å². The molecule has 1 atom stereocenters. The van der Waals surface area contributed by atoms with Crippen LogP contribution in [-0.4, -0.2) is 43.2 Å². The van der Waals surface area contributed by atoms with Crippen molar-refractivity contribution in [1.82, 2.24) is 30.1 Å². The van der Waals surface area contributed by atoms with E-state index in [0.717, 1.165) is 54.4 Å². The molecule has 1 unspecified atom stereocenters. The molecule has 2 N–H and O–H groups in total. The van der Waals surface area contributed by atoms with Gasteiger partial charge in [-0.05, 0) is 25.3 Å². The minimum Gasteiger partial charge on any atom is -0.355 e. The van der Waals surface area contributed by atoms with Crippen molar-refractivity contribution in [2.24, 2.45) is 0 Å². The van der Waals surface area contributed by atoms with Gasteiger partial charge in [0.25, 0.3) is 0 Å². The van der Waals surface area contributed by atoms with Crippen molar-refractivity contribution in [3.63, 3.8) is 0 Å². The maximum absolute atomic E-state index is 4.55. The lowest BCUT2D eigenvalue weighted by Crippen LogP contribution is -2.21. The normalized spacial score (nSPS) is 18.5. The van der Waals surface area contributed by atoms with Gasteiger partial charge in [-0.2, -0.15) is 5.10 Å². The van der Waals surface area contributed by atoms with Gasteiger partial charge in [-0.15, -0.1) is 0 Å². The standard InChI is InChI=1S/C15H19N7/c1-3-10-6-16-14-12(10)15(18-8-17-14)22-5-4-11(7-22)13-19-9(2)20-21-13/h6,8,11H,3-5,7H2,1-2H3,(H,16,17,18)(H,19,20,21). The van der Waals surface area contributed by atoms with Crippen molar-refractivity contribution in [2.45, 2.75) is 32.6 Å². The van der Waals surface area contributed by atoms with Crippen LogP contribution in [0.15, 0.2) is 12.5 Å². The van der Waals surface area contributed by atoms with E-state index in [9.17, 15) is 0 Å². The van der Waals surface area contributed by atoms with Crippen molar-refractivity contribution in [2.75, 3.05) is 18.0 Å². The van der Waals surface area contributed by atoms with Gasteiger partial charge in [0.1, 0.15) is 23.6 Å². The summed E-state index contributed by atoms with van der Waals surface area (Å²) >= 11 is 0. The number of fused-ring (bicyclic) bond motifs is 1. The Morgan fingerprint density at radius 1 is 1.36 bits per heavy atom. The predicted molar refractivity (Wildman–Crippen MR) is 84.0 cm³/mol. The minimum absolute atomic E-state index is 0.360. The van der Waals surface area contributed by atoms with Crippen LogP contribution >= 0.6 is 0 Å². The second kappa shape index (κ2) is 5.08. The summed E-state index contributed by atoms with van der Waals surface area (Å²) in [5, 5.41) is 8.39. The van der Waals surface area contributed by atoms with Gasteiger partial charge in [-0.3, -0.25) is 5.10 Å². The minimum atomic E-state index is 0.360. The fourth-order valence-electron chi connectivity index (χ4n) is 3.23. The van der Waals surface area contributed by atoms with E-state index in [0.29, 0.717) is 5.92 Å². The van der Waals surface area contributed by atoms with Crippen molar-refractivity contribution in [3.8, 4) is 0 Å². The molecule has 7 nitrogen and oxygen atoms in total. The Kier molecular flexibility index (Phi) is 3.06. The molecule has 114 valence electrons. The SMILES string of the molecule is CCc1c[nH]c2ncnc(N3CCC(c4n[nH]c(C)n4)C3)c12. The highest BCUT2D eigenvalue weighted by atomic mass is 15.3.